The first kappa shape index (κ1) is 77.4. The summed E-state index contributed by atoms with van der Waals surface area (Å²) in [6.07, 6.45) is -10.4. The van der Waals surface area contributed by atoms with Gasteiger partial charge >= 0.3 is 36.1 Å². The van der Waals surface area contributed by atoms with Crippen molar-refractivity contribution in [3.05, 3.63) is 168 Å². The molecule has 83 heavy (non-hydrogen) atoms. The van der Waals surface area contributed by atoms with Gasteiger partial charge in [0, 0.05) is 30.8 Å². The van der Waals surface area contributed by atoms with E-state index in [2.05, 4.69) is 100 Å². The van der Waals surface area contributed by atoms with Gasteiger partial charge in [0.1, 0.15) is 18.1 Å². The van der Waals surface area contributed by atoms with Crippen molar-refractivity contribution >= 4 is 52.1 Å². The lowest BCUT2D eigenvalue weighted by Gasteiger charge is -2.19. The Bertz CT molecular complexity index is 2790. The fraction of sp³-hybridized carbons (Fsp3) is 0.328. The molecule has 0 aliphatic heterocycles. The Kier molecular flexibility index (Phi) is 35.1. The maximum atomic E-state index is 12.9. The minimum absolute atomic E-state index is 0. The molecule has 0 radical (unpaired) electrons. The number of aliphatic hydroxyl groups excluding tert-OH is 1. The molecular weight excluding hydrogens is 1300 g/mol. The molecule has 0 bridgehead atoms. The number of carboxylic acids is 1. The van der Waals surface area contributed by atoms with Crippen molar-refractivity contribution in [1.29, 1.82) is 0 Å². The van der Waals surface area contributed by atoms with Crippen LogP contribution in [0.5, 0.6) is 11.5 Å². The highest BCUT2D eigenvalue weighted by atomic mass is 79.9. The Morgan fingerprint density at radius 2 is 0.892 bits per heavy atom. The normalized spacial score (nSPS) is 11.0. The molecule has 0 aliphatic carbocycles. The number of aryl methyl sites for hydroxylation is 4. The van der Waals surface area contributed by atoms with Crippen LogP contribution in [-0.2, 0) is 36.1 Å². The largest absolute Gasteiger partial charge is 1.00 e. The van der Waals surface area contributed by atoms with Crippen molar-refractivity contribution in [2.45, 2.75) is 94.6 Å². The van der Waals surface area contributed by atoms with Crippen LogP contribution in [0.25, 0.3) is 0 Å². The molecule has 0 amide bonds. The zero-order valence-electron chi connectivity index (χ0n) is 46.1. The molecule has 0 fully saturated rings. The van der Waals surface area contributed by atoms with E-state index in [4.69, 9.17) is 19.7 Å². The van der Waals surface area contributed by atoms with Crippen LogP contribution in [0.1, 0.15) is 35.6 Å². The summed E-state index contributed by atoms with van der Waals surface area (Å²) in [5, 5.41) is 16.3. The molecular formula is C58H64Br2ClF10N3O7S2. The van der Waals surface area contributed by atoms with Crippen LogP contribution in [0.15, 0.2) is 185 Å². The standard InChI is InChI=1S/C25H22F5O3S.C22H20O3S.C8H17N3.C3H3F5O.2BrH.ClH/c1-17-13-21(34(19-9-5-3-6-10-19)20-11-7-4-8-12-20)14-18(2)23(17)32-15-22(31)33-16-24(26,27)25(28,29)30;1-16-13-20(14-17(2)22(16)25-15-21(23)24)26(18-9-5-3-6-10-18)19-11-7-4-8-12-19;1-4-9-8-10-6-5-7-11(2)3;4-2(5,1-9)3(6,7)8;;;/h3-14H,15-16H2,1-2H3;3-14H,15H2,1-2H3;4-7H2,1-3H3;9H,1H2;3*1H/q+1;;;;;;/p-1. The number of alkyl halides is 10. The van der Waals surface area contributed by atoms with E-state index >= 15 is 0 Å². The van der Waals surface area contributed by atoms with Gasteiger partial charge in [0.2, 0.25) is 0 Å². The lowest BCUT2D eigenvalue weighted by atomic mass is 10.1. The lowest BCUT2D eigenvalue weighted by Crippen LogP contribution is -3.00. The van der Waals surface area contributed by atoms with Gasteiger partial charge in [-0.15, -0.1) is 12.4 Å². The van der Waals surface area contributed by atoms with Gasteiger partial charge in [-0.25, -0.2) is 19.6 Å². The third kappa shape index (κ3) is 26.1. The molecule has 0 aromatic heterocycles. The Hall–Kier alpha value is -5.59. The number of nitrogens with zero attached hydrogens (tertiary/aromatic N) is 3. The highest BCUT2D eigenvalue weighted by molar-refractivity contribution is 7.97. The van der Waals surface area contributed by atoms with Crippen molar-refractivity contribution in [2.24, 2.45) is 9.98 Å². The van der Waals surface area contributed by atoms with E-state index in [1.54, 1.807) is 13.8 Å². The van der Waals surface area contributed by atoms with Gasteiger partial charge in [-0.2, -0.15) is 43.9 Å². The number of hydrogen-bond donors (Lipinski definition) is 2. The number of ether oxygens (including phenoxy) is 3. The monoisotopic (exact) mass is 1360 g/mol. The number of rotatable bonds is 20. The molecule has 0 saturated carbocycles. The molecule has 0 heterocycles. The van der Waals surface area contributed by atoms with E-state index in [1.165, 1.54) is 14.7 Å². The predicted octanol–water partition coefficient (Wildman–Crippen LogP) is 8.12. The van der Waals surface area contributed by atoms with Crippen LogP contribution in [0.4, 0.5) is 43.9 Å². The van der Waals surface area contributed by atoms with E-state index in [9.17, 15) is 53.5 Å². The van der Waals surface area contributed by atoms with Crippen molar-refractivity contribution in [3.8, 4) is 11.5 Å². The first-order valence-electron chi connectivity index (χ1n) is 24.4. The van der Waals surface area contributed by atoms with Crippen LogP contribution >= 0.6 is 12.4 Å². The highest BCUT2D eigenvalue weighted by Gasteiger charge is 2.58. The third-order valence-electron chi connectivity index (χ3n) is 10.5. The van der Waals surface area contributed by atoms with Crippen LogP contribution in [-0.4, -0.2) is 117 Å². The molecule has 0 saturated heterocycles. The van der Waals surface area contributed by atoms with Crippen LogP contribution in [0.2, 0.25) is 0 Å². The number of aliphatic imine (C=N–C) groups is 2. The van der Waals surface area contributed by atoms with Crippen LogP contribution < -0.4 is 43.4 Å². The number of benzene rings is 6. The number of carbonyl (C=O) groups is 2. The third-order valence-corrected chi connectivity index (χ3v) is 14.9. The summed E-state index contributed by atoms with van der Waals surface area (Å²) in [5.74, 6) is -11.4. The van der Waals surface area contributed by atoms with Gasteiger partial charge in [-0.05, 0) is 132 Å². The minimum Gasteiger partial charge on any atom is -1.00 e. The van der Waals surface area contributed by atoms with Gasteiger partial charge in [0.15, 0.2) is 49.2 Å². The summed E-state index contributed by atoms with van der Waals surface area (Å²) in [7, 11) is 3.48. The summed E-state index contributed by atoms with van der Waals surface area (Å²) in [6.45, 7) is 6.72. The molecule has 0 atom stereocenters. The van der Waals surface area contributed by atoms with E-state index in [0.717, 1.165) is 51.9 Å². The summed E-state index contributed by atoms with van der Waals surface area (Å²) in [5.41, 5.74) is 3.27. The fourth-order valence-corrected chi connectivity index (χ4v) is 11.4. The van der Waals surface area contributed by atoms with E-state index in [1.807, 2.05) is 106 Å². The molecule has 6 rings (SSSR count). The van der Waals surface area contributed by atoms with Crippen molar-refractivity contribution in [3.63, 3.8) is 0 Å². The van der Waals surface area contributed by atoms with E-state index in [-0.39, 0.29) is 63.9 Å². The fourth-order valence-electron chi connectivity index (χ4n) is 6.84. The van der Waals surface area contributed by atoms with Gasteiger partial charge in [-0.1, -0.05) is 72.8 Å². The number of halogens is 13. The molecule has 25 heteroatoms. The van der Waals surface area contributed by atoms with Gasteiger partial charge in [0.25, 0.3) is 0 Å². The highest BCUT2D eigenvalue weighted by Crippen LogP contribution is 2.39. The van der Waals surface area contributed by atoms with Crippen molar-refractivity contribution in [1.82, 2.24) is 4.90 Å². The second-order valence-corrected chi connectivity index (χ2v) is 21.5. The molecule has 0 aliphatic rings. The van der Waals surface area contributed by atoms with Crippen molar-refractivity contribution in [2.75, 3.05) is 60.2 Å². The van der Waals surface area contributed by atoms with Gasteiger partial charge in [0.05, 0.1) is 34.3 Å². The SMILES string of the molecule is CCN=C=NCCCN(C)C.Cc1cc([S+](c2ccccc2)c2ccccc2)cc(C)c1OCC(=O)O.Cc1cc([S+](c2ccccc2)c2ccccc2)cc(C)c1OCC(=O)OCC(F)(F)C(F)(F)F.Cl.OCC(F)(F)C(F)(F)F.[Br-].[Br-]. The number of aliphatic hydroxyl groups is 1. The lowest BCUT2D eigenvalue weighted by molar-refractivity contribution is -0.294. The van der Waals surface area contributed by atoms with Gasteiger partial charge < -0.3 is 63.3 Å². The topological polar surface area (TPSA) is 130 Å². The van der Waals surface area contributed by atoms with Gasteiger partial charge in [-0.3, -0.25) is 0 Å². The molecule has 6 aromatic rings. The zero-order valence-corrected chi connectivity index (χ0v) is 51.7. The second-order valence-electron chi connectivity index (χ2n) is 17.4. The quantitative estimate of drug-likeness (QED) is 0.0258. The Morgan fingerprint density at radius 3 is 1.17 bits per heavy atom. The van der Waals surface area contributed by atoms with Crippen molar-refractivity contribution < 1.29 is 112 Å². The molecule has 2 N–H and O–H groups in total. The summed E-state index contributed by atoms with van der Waals surface area (Å²) >= 11 is 0. The molecule has 0 spiro atoms. The number of carboxylic acid groups (broad SMARTS) is 1. The molecule has 6 aromatic carbocycles. The second kappa shape index (κ2) is 37.7. The average Bonchev–Trinajstić information content (AvgIpc) is 3.61. The Labute approximate surface area is 510 Å². The maximum absolute atomic E-state index is 12.9. The average molecular weight is 1360 g/mol. The predicted molar refractivity (Wildman–Crippen MR) is 296 cm³/mol. The number of carbonyl (C=O) groups excluding carboxylic acids is 1. The van der Waals surface area contributed by atoms with Crippen LogP contribution in [0, 0.1) is 27.7 Å². The van der Waals surface area contributed by atoms with Crippen LogP contribution in [0.3, 0.4) is 0 Å². The Balaban J connectivity index is 0.00000121. The zero-order chi connectivity index (χ0) is 59.7. The molecule has 0 unspecified atom stereocenters. The number of esters is 1. The van der Waals surface area contributed by atoms with E-state index in [0.29, 0.717) is 22.6 Å². The smallest absolute Gasteiger partial charge is 0.456 e. The summed E-state index contributed by atoms with van der Waals surface area (Å²) < 4.78 is 133. The summed E-state index contributed by atoms with van der Waals surface area (Å²) in [4.78, 5) is 39.4. The van der Waals surface area contributed by atoms with E-state index < -0.39 is 66.9 Å². The number of hydrogen-bond acceptors (Lipinski definition) is 9. The first-order valence-corrected chi connectivity index (χ1v) is 26.9. The number of aliphatic carboxylic acids is 1. The summed E-state index contributed by atoms with van der Waals surface area (Å²) in [6, 6.07) is 51.4. The maximum Gasteiger partial charge on any atom is 0.456 e. The minimum atomic E-state index is -5.80. The first-order chi connectivity index (χ1) is 37.6. The molecule has 10 nitrogen and oxygen atoms in total. The molecule has 456 valence electrons. The Morgan fingerprint density at radius 1 is 0.554 bits per heavy atom.